The van der Waals surface area contributed by atoms with Crippen molar-refractivity contribution < 1.29 is 9.59 Å². The molecule has 0 saturated carbocycles. The number of carbonyl (C=O) groups excluding carboxylic acids is 2. The largest absolute Gasteiger partial charge is 0.339 e. The fourth-order valence-corrected chi connectivity index (χ4v) is 6.72. The lowest BCUT2D eigenvalue weighted by Crippen LogP contribution is -2.55. The first-order chi connectivity index (χ1) is 20.9. The first kappa shape index (κ1) is 31.0. The highest BCUT2D eigenvalue weighted by atomic mass is 32.2. The van der Waals surface area contributed by atoms with Crippen LogP contribution in [0, 0.1) is 6.92 Å². The number of rotatable bonds is 13. The number of aryl methyl sites for hydroxylation is 1. The number of hydrogen-bond acceptors (Lipinski definition) is 6. The smallest absolute Gasteiger partial charge is 0.222 e. The lowest BCUT2D eigenvalue weighted by molar-refractivity contribution is -0.142. The molecule has 0 radical (unpaired) electrons. The highest BCUT2D eigenvalue weighted by Gasteiger charge is 2.29. The van der Waals surface area contributed by atoms with Crippen LogP contribution < -0.4 is 0 Å². The number of fused-ring (bicyclic) bond motifs is 3. The third kappa shape index (κ3) is 7.74. The fourth-order valence-electron chi connectivity index (χ4n) is 5.94. The summed E-state index contributed by atoms with van der Waals surface area (Å²) in [6, 6.07) is 16.9. The van der Waals surface area contributed by atoms with E-state index in [1.54, 1.807) is 11.8 Å². The van der Waals surface area contributed by atoms with Crippen molar-refractivity contribution in [1.82, 2.24) is 29.5 Å². The van der Waals surface area contributed by atoms with Gasteiger partial charge < -0.3 is 14.4 Å². The summed E-state index contributed by atoms with van der Waals surface area (Å²) in [6.07, 6.45) is 7.30. The molecule has 43 heavy (non-hydrogen) atoms. The maximum atomic E-state index is 12.9. The fraction of sp³-hybridized carbons (Fsp3) is 0.500. The maximum absolute atomic E-state index is 12.9. The molecular weight excluding hydrogens is 556 g/mol. The van der Waals surface area contributed by atoms with E-state index in [-0.39, 0.29) is 17.9 Å². The molecule has 0 aliphatic carbocycles. The third-order valence-electron chi connectivity index (χ3n) is 8.35. The van der Waals surface area contributed by atoms with Crippen LogP contribution in [0.5, 0.6) is 0 Å². The average molecular weight is 601 g/mol. The monoisotopic (exact) mass is 600 g/mol. The molecule has 1 unspecified atom stereocenters. The van der Waals surface area contributed by atoms with Crippen LogP contribution in [0.15, 0.2) is 53.7 Å². The quantitative estimate of drug-likeness (QED) is 0.127. The van der Waals surface area contributed by atoms with Gasteiger partial charge in [-0.05, 0) is 50.8 Å². The van der Waals surface area contributed by atoms with E-state index in [4.69, 9.17) is 4.98 Å². The molecule has 0 spiro atoms. The Morgan fingerprint density at radius 2 is 1.72 bits per heavy atom. The lowest BCUT2D eigenvalue weighted by Gasteiger charge is -2.40. The van der Waals surface area contributed by atoms with Crippen molar-refractivity contribution in [3.05, 3.63) is 59.7 Å². The summed E-state index contributed by atoms with van der Waals surface area (Å²) < 4.78 is 2.23. The van der Waals surface area contributed by atoms with Gasteiger partial charge >= 0.3 is 0 Å². The summed E-state index contributed by atoms with van der Waals surface area (Å²) >= 11 is 1.60. The molecule has 3 heterocycles. The van der Waals surface area contributed by atoms with Crippen molar-refractivity contribution in [2.45, 2.75) is 89.9 Å². The van der Waals surface area contributed by atoms with Gasteiger partial charge in [-0.1, -0.05) is 79.9 Å². The number of piperazine rings is 1. The summed E-state index contributed by atoms with van der Waals surface area (Å²) in [7, 11) is 0. The molecule has 2 amide bonds. The predicted octanol–water partition coefficient (Wildman–Crippen LogP) is 6.63. The number of aromatic nitrogens is 4. The summed E-state index contributed by atoms with van der Waals surface area (Å²) in [5.41, 5.74) is 5.19. The van der Waals surface area contributed by atoms with E-state index in [0.717, 1.165) is 60.0 Å². The highest BCUT2D eigenvalue weighted by molar-refractivity contribution is 7.99. The molecule has 1 aliphatic heterocycles. The first-order valence-electron chi connectivity index (χ1n) is 15.8. The molecule has 1 fully saturated rings. The maximum Gasteiger partial charge on any atom is 0.222 e. The van der Waals surface area contributed by atoms with Crippen molar-refractivity contribution >= 4 is 45.6 Å². The van der Waals surface area contributed by atoms with Gasteiger partial charge in [-0.15, -0.1) is 10.2 Å². The Bertz CT molecular complexity index is 1540. The van der Waals surface area contributed by atoms with E-state index in [1.165, 1.54) is 24.0 Å². The molecule has 228 valence electrons. The van der Waals surface area contributed by atoms with Gasteiger partial charge in [0.1, 0.15) is 5.52 Å². The Morgan fingerprint density at radius 1 is 0.930 bits per heavy atom. The van der Waals surface area contributed by atoms with Crippen molar-refractivity contribution in [1.29, 1.82) is 0 Å². The van der Waals surface area contributed by atoms with E-state index >= 15 is 0 Å². The van der Waals surface area contributed by atoms with Crippen LogP contribution in [-0.4, -0.2) is 72.8 Å². The Kier molecular flexibility index (Phi) is 10.7. The van der Waals surface area contributed by atoms with Crippen LogP contribution in [0.1, 0.15) is 76.3 Å². The van der Waals surface area contributed by atoms with E-state index < -0.39 is 0 Å². The molecule has 2 aromatic carbocycles. The summed E-state index contributed by atoms with van der Waals surface area (Å²) in [5.74, 6) is 1.25. The zero-order valence-corrected chi connectivity index (χ0v) is 26.6. The van der Waals surface area contributed by atoms with E-state index in [0.29, 0.717) is 37.6 Å². The van der Waals surface area contributed by atoms with E-state index in [9.17, 15) is 9.59 Å². The van der Waals surface area contributed by atoms with Crippen LogP contribution >= 0.6 is 11.8 Å². The van der Waals surface area contributed by atoms with Crippen molar-refractivity contribution in [3.63, 3.8) is 0 Å². The van der Waals surface area contributed by atoms with Crippen LogP contribution in [0.3, 0.4) is 0 Å². The second-order valence-electron chi connectivity index (χ2n) is 11.8. The minimum atomic E-state index is 0.0768. The zero-order chi connectivity index (χ0) is 30.2. The molecular formula is C34H44N6O2S. The molecule has 2 aromatic heterocycles. The minimum absolute atomic E-state index is 0.0768. The lowest BCUT2D eigenvalue weighted by atomic mass is 10.1. The van der Waals surface area contributed by atoms with Gasteiger partial charge in [0.15, 0.2) is 5.65 Å². The predicted molar refractivity (Wildman–Crippen MR) is 174 cm³/mol. The van der Waals surface area contributed by atoms with Crippen molar-refractivity contribution in [2.24, 2.45) is 0 Å². The molecule has 1 saturated heterocycles. The van der Waals surface area contributed by atoms with Gasteiger partial charge in [-0.2, -0.15) is 0 Å². The Labute approximate surface area is 259 Å². The summed E-state index contributed by atoms with van der Waals surface area (Å²) in [4.78, 5) is 34.4. The van der Waals surface area contributed by atoms with Gasteiger partial charge in [0.25, 0.3) is 0 Å². The highest BCUT2D eigenvalue weighted by Crippen LogP contribution is 2.29. The standard InChI is InChI=1S/C34H44N6O2S/c1-4-5-6-10-16-31(42)39-20-19-38(23-26(39)3)30(41)15-11-12-21-43-34-35-33-32(36-37-34)28-22-25(2)17-18-29(28)40(33)24-27-13-8-7-9-14-27/h7-9,13-14,17-18,22,26H,4-6,10-12,15-16,19-21,23-24H2,1-3H3. The Morgan fingerprint density at radius 3 is 2.51 bits per heavy atom. The molecule has 1 aliphatic rings. The number of thioether (sulfide) groups is 1. The molecule has 0 bridgehead atoms. The zero-order valence-electron chi connectivity index (χ0n) is 25.8. The van der Waals surface area contributed by atoms with E-state index in [1.807, 2.05) is 15.9 Å². The van der Waals surface area contributed by atoms with Crippen molar-refractivity contribution in [2.75, 3.05) is 25.4 Å². The number of carbonyl (C=O) groups is 2. The number of amides is 2. The molecule has 9 heteroatoms. The summed E-state index contributed by atoms with van der Waals surface area (Å²) in [5, 5.41) is 10.8. The van der Waals surface area contributed by atoms with Gasteiger partial charge in [0.05, 0.1) is 5.52 Å². The number of hydrogen-bond donors (Lipinski definition) is 0. The summed E-state index contributed by atoms with van der Waals surface area (Å²) in [6.45, 7) is 8.95. The number of benzene rings is 2. The number of unbranched alkanes of at least 4 members (excludes halogenated alkanes) is 4. The molecule has 1 atom stereocenters. The normalized spacial score (nSPS) is 15.5. The second kappa shape index (κ2) is 14.8. The SMILES string of the molecule is CCCCCCC(=O)N1CCN(C(=O)CCCCSc2nnc3c4cc(C)ccc4n(Cc4ccccc4)c3n2)CC1C. The Balaban J connectivity index is 1.12. The third-order valence-corrected chi connectivity index (χ3v) is 9.27. The topological polar surface area (TPSA) is 84.2 Å². The Hall–Kier alpha value is -3.46. The van der Waals surface area contributed by atoms with Crippen LogP contribution in [0.25, 0.3) is 22.1 Å². The van der Waals surface area contributed by atoms with Gasteiger partial charge in [0, 0.05) is 56.2 Å². The van der Waals surface area contributed by atoms with Crippen LogP contribution in [0.2, 0.25) is 0 Å². The second-order valence-corrected chi connectivity index (χ2v) is 12.8. The molecule has 4 aromatic rings. The first-order valence-corrected chi connectivity index (χ1v) is 16.8. The van der Waals surface area contributed by atoms with Crippen LogP contribution in [-0.2, 0) is 16.1 Å². The number of nitrogens with zero attached hydrogens (tertiary/aromatic N) is 6. The molecule has 5 rings (SSSR count). The average Bonchev–Trinajstić information content (AvgIpc) is 3.31. The van der Waals surface area contributed by atoms with Gasteiger partial charge in [-0.3, -0.25) is 9.59 Å². The molecule has 0 N–H and O–H groups in total. The van der Waals surface area contributed by atoms with Crippen LogP contribution in [0.4, 0.5) is 0 Å². The van der Waals surface area contributed by atoms with Gasteiger partial charge in [-0.25, -0.2) is 4.98 Å². The van der Waals surface area contributed by atoms with Crippen molar-refractivity contribution in [3.8, 4) is 0 Å². The van der Waals surface area contributed by atoms with Gasteiger partial charge in [0.2, 0.25) is 17.0 Å². The van der Waals surface area contributed by atoms with E-state index in [2.05, 4.69) is 78.0 Å². The molecule has 8 nitrogen and oxygen atoms in total. The minimum Gasteiger partial charge on any atom is -0.339 e.